The number of carbonyl (C=O) groups is 15. The number of aliphatic hydroxyl groups is 1. The maximum atomic E-state index is 14.7. The highest BCUT2D eigenvalue weighted by molar-refractivity contribution is 6.00. The van der Waals surface area contributed by atoms with Crippen molar-refractivity contribution in [2.24, 2.45) is 62.9 Å². The predicted octanol–water partition coefficient (Wildman–Crippen LogP) is -6.22. The van der Waals surface area contributed by atoms with Crippen molar-refractivity contribution in [3.8, 4) is 0 Å². The van der Waals surface area contributed by atoms with Crippen LogP contribution in [-0.4, -0.2) is 198 Å². The molecule has 36 heteroatoms. The van der Waals surface area contributed by atoms with Crippen LogP contribution >= 0.6 is 0 Å². The number of nitrogens with one attached hydrogen (secondary N) is 12. The number of rotatable bonds is 48. The van der Waals surface area contributed by atoms with E-state index in [-0.39, 0.29) is 94.6 Å². The Kier molecular flexibility index (Phi) is 40.6. The monoisotopic (exact) mass is 1410 g/mol. The number of hydrogen-bond acceptors (Lipinski definition) is 19. The third-order valence-electron chi connectivity index (χ3n) is 15.3. The van der Waals surface area contributed by atoms with E-state index < -0.39 is 193 Å². The summed E-state index contributed by atoms with van der Waals surface area (Å²) in [6.07, 6.45) is -1.23. The summed E-state index contributed by atoms with van der Waals surface area (Å²) in [4.78, 5) is 205. The minimum atomic E-state index is -1.77. The van der Waals surface area contributed by atoms with E-state index in [1.165, 1.54) is 27.7 Å². The van der Waals surface area contributed by atoms with E-state index in [4.69, 9.17) is 40.1 Å². The van der Waals surface area contributed by atoms with Crippen LogP contribution in [-0.2, 0) is 78.3 Å². The molecule has 0 aliphatic heterocycles. The molecule has 0 unspecified atom stereocenters. The third kappa shape index (κ3) is 35.3. The molecule has 1 rings (SSSR count). The zero-order valence-corrected chi connectivity index (χ0v) is 59.0. The van der Waals surface area contributed by atoms with Crippen LogP contribution in [0.2, 0.25) is 0 Å². The van der Waals surface area contributed by atoms with Crippen LogP contribution in [0.5, 0.6) is 0 Å². The van der Waals surface area contributed by atoms with Crippen LogP contribution in [0, 0.1) is 17.8 Å². The second-order valence-electron chi connectivity index (χ2n) is 25.9. The number of hydrogen-bond donors (Lipinski definition) is 20. The van der Waals surface area contributed by atoms with Gasteiger partial charge in [0, 0.05) is 25.8 Å². The molecular formula is C64H110N20O16. The predicted molar refractivity (Wildman–Crippen MR) is 368 cm³/mol. The Morgan fingerprint density at radius 3 is 1.10 bits per heavy atom. The van der Waals surface area contributed by atoms with Gasteiger partial charge < -0.3 is 109 Å². The number of nitrogens with zero attached hydrogens (tertiary/aromatic N) is 1. The van der Waals surface area contributed by atoms with Gasteiger partial charge >= 0.3 is 0 Å². The van der Waals surface area contributed by atoms with E-state index in [2.05, 4.69) is 68.8 Å². The average molecular weight is 1420 g/mol. The van der Waals surface area contributed by atoms with Crippen molar-refractivity contribution in [3.05, 3.63) is 35.9 Å². The van der Waals surface area contributed by atoms with Gasteiger partial charge in [-0.3, -0.25) is 76.9 Å². The Bertz CT molecular complexity index is 2950. The normalized spacial score (nSPS) is 15.0. The van der Waals surface area contributed by atoms with E-state index in [0.717, 1.165) is 0 Å². The van der Waals surface area contributed by atoms with Gasteiger partial charge in [0.1, 0.15) is 72.5 Å². The zero-order chi connectivity index (χ0) is 76.1. The fourth-order valence-electron chi connectivity index (χ4n) is 9.70. The highest BCUT2D eigenvalue weighted by Gasteiger charge is 2.37. The van der Waals surface area contributed by atoms with Crippen LogP contribution in [0.3, 0.4) is 0 Å². The molecule has 0 bridgehead atoms. The van der Waals surface area contributed by atoms with Crippen LogP contribution in [0.25, 0.3) is 0 Å². The molecule has 36 nitrogen and oxygen atoms in total. The zero-order valence-electron chi connectivity index (χ0n) is 59.0. The maximum Gasteiger partial charge on any atom is 0.245 e. The number of carbonyl (C=O) groups excluding carboxylic acids is 15. The number of amides is 15. The lowest BCUT2D eigenvalue weighted by atomic mass is 9.99. The van der Waals surface area contributed by atoms with Crippen LogP contribution in [0.4, 0.5) is 0 Å². The van der Waals surface area contributed by atoms with Crippen LogP contribution in [0.15, 0.2) is 35.3 Å². The molecular weight excluding hydrogens is 1300 g/mol. The molecule has 0 aliphatic rings. The Balaban J connectivity index is 3.58. The van der Waals surface area contributed by atoms with Crippen molar-refractivity contribution >= 4 is 94.6 Å². The molecule has 27 N–H and O–H groups in total. The van der Waals surface area contributed by atoms with Gasteiger partial charge in [0.25, 0.3) is 0 Å². The molecule has 15 amide bonds. The Hall–Kier alpha value is -9.58. The second kappa shape index (κ2) is 45.9. The summed E-state index contributed by atoms with van der Waals surface area (Å²) in [6.45, 7) is 15.0. The first kappa shape index (κ1) is 88.4. The van der Waals surface area contributed by atoms with Crippen LogP contribution in [0.1, 0.15) is 152 Å². The number of aliphatic imine (C=N–C) groups is 1. The quantitative estimate of drug-likeness (QED) is 0.0164. The number of aliphatic hydroxyl groups excluding tert-OH is 1. The van der Waals surface area contributed by atoms with E-state index in [9.17, 15) is 77.0 Å². The fraction of sp³-hybridized carbons (Fsp3) is 0.656. The molecule has 0 fully saturated rings. The smallest absolute Gasteiger partial charge is 0.245 e. The first-order valence-electron chi connectivity index (χ1n) is 33.5. The molecule has 1 aromatic carbocycles. The van der Waals surface area contributed by atoms with Gasteiger partial charge in [-0.15, -0.1) is 0 Å². The molecule has 562 valence electrons. The van der Waals surface area contributed by atoms with Crippen LogP contribution < -0.4 is 104 Å². The lowest BCUT2D eigenvalue weighted by Gasteiger charge is -2.29. The average Bonchev–Trinajstić information content (AvgIpc) is 0.859. The van der Waals surface area contributed by atoms with E-state index >= 15 is 0 Å². The minimum absolute atomic E-state index is 0.0134. The molecule has 0 aliphatic carbocycles. The highest BCUT2D eigenvalue weighted by atomic mass is 16.3. The Morgan fingerprint density at radius 2 is 0.710 bits per heavy atom. The molecule has 0 saturated heterocycles. The summed E-state index contributed by atoms with van der Waals surface area (Å²) in [5.74, 6) is -14.1. The van der Waals surface area contributed by atoms with Crippen molar-refractivity contribution in [3.63, 3.8) is 0 Å². The van der Waals surface area contributed by atoms with Crippen molar-refractivity contribution in [1.82, 2.24) is 63.8 Å². The molecule has 13 atom stereocenters. The van der Waals surface area contributed by atoms with Crippen molar-refractivity contribution in [1.29, 1.82) is 0 Å². The maximum absolute atomic E-state index is 14.7. The molecule has 0 heterocycles. The molecule has 100 heavy (non-hydrogen) atoms. The summed E-state index contributed by atoms with van der Waals surface area (Å²) in [7, 11) is 0. The number of unbranched alkanes of at least 4 members (excludes halogenated alkanes) is 1. The second-order valence-corrected chi connectivity index (χ2v) is 25.9. The van der Waals surface area contributed by atoms with Gasteiger partial charge in [-0.25, -0.2) is 0 Å². The first-order valence-corrected chi connectivity index (χ1v) is 33.5. The molecule has 0 radical (unpaired) electrons. The summed E-state index contributed by atoms with van der Waals surface area (Å²) in [6, 6.07) is -9.53. The number of benzene rings is 1. The fourth-order valence-corrected chi connectivity index (χ4v) is 9.70. The van der Waals surface area contributed by atoms with Gasteiger partial charge in [-0.2, -0.15) is 0 Å². The summed E-state index contributed by atoms with van der Waals surface area (Å²) < 4.78 is 0. The van der Waals surface area contributed by atoms with Gasteiger partial charge in [0.05, 0.1) is 12.6 Å². The number of guanidine groups is 1. The SMILES string of the molecule is CC(C)C[C@H](NC(=O)[C@H](CO)NC(=O)[C@H](CCCCN)NC(=O)[C@H](CCC(N)=O)NC(=O)[C@H](CC(C)C)NC(=O)[C@H](Cc1ccccc1)NC(=O)[C@H](CCC(N)=O)NC(=O)[C@H](CCCN=C(N)N)NC(=O)[C@@H](N)CC(C)C)C(=O)N[C@@H](C)C(=O)N[C@@H](C)C(=O)N[C@@H](C)C(=O)N[C@@H](C)C(N)=O. The van der Waals surface area contributed by atoms with Crippen molar-refractivity contribution in [2.45, 2.75) is 231 Å². The Morgan fingerprint density at radius 1 is 0.380 bits per heavy atom. The Labute approximate surface area is 583 Å². The summed E-state index contributed by atoms with van der Waals surface area (Å²) in [5, 5.41) is 40.5. The van der Waals surface area contributed by atoms with Gasteiger partial charge in [-0.1, -0.05) is 71.9 Å². The number of nitrogens with two attached hydrogens (primary N) is 7. The topological polar surface area (TPSA) is 615 Å². The number of primary amides is 3. The third-order valence-corrected chi connectivity index (χ3v) is 15.3. The molecule has 1 aromatic rings. The minimum Gasteiger partial charge on any atom is -0.394 e. The molecule has 0 aromatic heterocycles. The standard InChI is InChI=1S/C64H110N20O16/c1-32(2)27-40(66)55(92)77-42(20-16-26-72-64(70)71)56(93)79-44(22-24-50(68)87)59(96)83-47(30-39-17-12-11-13-18-39)62(99)81-46(29-34(5)6)61(98)80-43(21-23-49(67)86)58(95)78-41(19-14-15-25-65)57(94)84-48(31-85)63(100)82-45(28-33(3)4)60(97)76-38(10)54(91)75-37(9)53(90)74-36(8)52(89)73-35(7)51(69)88/h11-13,17-18,32-38,40-48,85H,14-16,19-31,65-66H2,1-10H3,(H2,67,86)(H2,68,87)(H2,69,88)(H,73,89)(H,74,90)(H,75,91)(H,76,97)(H,77,92)(H,78,95)(H,79,93)(H,80,98)(H,81,99)(H,82,100)(H,83,96)(H,84,94)(H4,70,71,72)/t35-,36-,37-,38-,40-,41-,42-,43-,44-,45-,46-,47-,48-/m0/s1. The molecule has 0 spiro atoms. The summed E-state index contributed by atoms with van der Waals surface area (Å²) in [5.41, 5.74) is 39.6. The van der Waals surface area contributed by atoms with E-state index in [1.807, 2.05) is 13.8 Å². The lowest BCUT2D eigenvalue weighted by molar-refractivity contribution is -0.137. The van der Waals surface area contributed by atoms with Gasteiger partial charge in [0.2, 0.25) is 88.6 Å². The lowest BCUT2D eigenvalue weighted by Crippen LogP contribution is -2.61. The van der Waals surface area contributed by atoms with E-state index in [1.54, 1.807) is 58.0 Å². The van der Waals surface area contributed by atoms with Crippen molar-refractivity contribution < 1.29 is 77.0 Å². The largest absolute Gasteiger partial charge is 0.394 e. The van der Waals surface area contributed by atoms with Gasteiger partial charge in [-0.05, 0) is 122 Å². The highest BCUT2D eigenvalue weighted by Crippen LogP contribution is 2.14. The first-order chi connectivity index (χ1) is 46.8. The summed E-state index contributed by atoms with van der Waals surface area (Å²) >= 11 is 0. The molecule has 0 saturated carbocycles. The van der Waals surface area contributed by atoms with Gasteiger partial charge in [0.15, 0.2) is 5.96 Å². The van der Waals surface area contributed by atoms with Crippen molar-refractivity contribution in [2.75, 3.05) is 19.7 Å². The van der Waals surface area contributed by atoms with E-state index in [0.29, 0.717) is 12.0 Å².